The first kappa shape index (κ1) is 15.6. The Kier molecular flexibility index (Phi) is 4.63. The number of thioether (sulfide) groups is 1. The van der Waals surface area contributed by atoms with E-state index in [1.807, 2.05) is 0 Å². The van der Waals surface area contributed by atoms with E-state index in [-0.39, 0.29) is 17.5 Å². The minimum Gasteiger partial charge on any atom is -0.305 e. The number of hydrogen-bond donors (Lipinski definition) is 1. The van der Waals surface area contributed by atoms with Crippen LogP contribution in [0.2, 0.25) is 0 Å². The summed E-state index contributed by atoms with van der Waals surface area (Å²) in [7, 11) is 1.80. The van der Waals surface area contributed by atoms with Crippen molar-refractivity contribution in [2.45, 2.75) is 5.16 Å². The lowest BCUT2D eigenvalue weighted by Crippen LogP contribution is -2.14. The molecule has 3 aromatic rings. The summed E-state index contributed by atoms with van der Waals surface area (Å²) < 4.78 is 14.7. The smallest absolute Gasteiger partial charge is 0.236 e. The van der Waals surface area contributed by atoms with Gasteiger partial charge in [-0.15, -0.1) is 20.4 Å². The fraction of sp³-hybridized carbons (Fsp3) is 0.154. The fourth-order valence-corrected chi connectivity index (χ4v) is 2.98. The lowest BCUT2D eigenvalue weighted by Gasteiger charge is -2.04. The Morgan fingerprint density at radius 1 is 1.30 bits per heavy atom. The van der Waals surface area contributed by atoms with Crippen LogP contribution in [-0.2, 0) is 11.8 Å². The van der Waals surface area contributed by atoms with E-state index in [0.717, 1.165) is 5.56 Å². The number of aromatic nitrogens is 5. The standard InChI is InChI=1S/C13H11FN6OS2/c1-20-11(8-2-4-9(14)5-3-8)17-19-13(20)22-6-10(21)16-12-18-15-7-23-12/h2-5,7H,6H2,1H3,(H,16,18,21). The van der Waals surface area contributed by atoms with Gasteiger partial charge in [-0.05, 0) is 24.3 Å². The van der Waals surface area contributed by atoms with Crippen molar-refractivity contribution in [3.05, 3.63) is 35.6 Å². The van der Waals surface area contributed by atoms with Gasteiger partial charge in [0.2, 0.25) is 11.0 Å². The SMILES string of the molecule is Cn1c(SCC(=O)Nc2nncs2)nnc1-c1ccc(F)cc1. The first-order chi connectivity index (χ1) is 11.1. The van der Waals surface area contributed by atoms with Crippen molar-refractivity contribution in [2.75, 3.05) is 11.1 Å². The van der Waals surface area contributed by atoms with Gasteiger partial charge in [-0.3, -0.25) is 10.1 Å². The molecule has 0 aliphatic heterocycles. The maximum absolute atomic E-state index is 13.0. The zero-order chi connectivity index (χ0) is 16.2. The van der Waals surface area contributed by atoms with E-state index in [0.29, 0.717) is 16.1 Å². The normalized spacial score (nSPS) is 10.7. The third-order valence-electron chi connectivity index (χ3n) is 2.88. The highest BCUT2D eigenvalue weighted by molar-refractivity contribution is 7.99. The van der Waals surface area contributed by atoms with Crippen molar-refractivity contribution in [3.63, 3.8) is 0 Å². The predicted molar refractivity (Wildman–Crippen MR) is 85.7 cm³/mol. The number of nitrogens with zero attached hydrogens (tertiary/aromatic N) is 5. The molecule has 3 rings (SSSR count). The van der Waals surface area contributed by atoms with E-state index in [1.165, 1.54) is 35.2 Å². The minimum absolute atomic E-state index is 0.176. The Hall–Kier alpha value is -2.33. The van der Waals surface area contributed by atoms with Crippen molar-refractivity contribution >= 4 is 34.1 Å². The number of carbonyl (C=O) groups is 1. The lowest BCUT2D eigenvalue weighted by atomic mass is 10.2. The summed E-state index contributed by atoms with van der Waals surface area (Å²) in [5.74, 6) is 0.281. The van der Waals surface area contributed by atoms with Crippen LogP contribution < -0.4 is 5.32 Å². The molecule has 0 unspecified atom stereocenters. The molecule has 0 bridgehead atoms. The molecule has 0 saturated carbocycles. The van der Waals surface area contributed by atoms with E-state index >= 15 is 0 Å². The Morgan fingerprint density at radius 3 is 2.78 bits per heavy atom. The molecular formula is C13H11FN6OS2. The number of benzene rings is 1. The van der Waals surface area contributed by atoms with Crippen LogP contribution in [0.5, 0.6) is 0 Å². The Labute approximate surface area is 139 Å². The molecule has 0 spiro atoms. The number of rotatable bonds is 5. The minimum atomic E-state index is -0.307. The maximum Gasteiger partial charge on any atom is 0.236 e. The highest BCUT2D eigenvalue weighted by Crippen LogP contribution is 2.23. The molecule has 23 heavy (non-hydrogen) atoms. The summed E-state index contributed by atoms with van der Waals surface area (Å²) in [6.45, 7) is 0. The Morgan fingerprint density at radius 2 is 2.09 bits per heavy atom. The quantitative estimate of drug-likeness (QED) is 0.710. The first-order valence-corrected chi connectivity index (χ1v) is 8.34. The van der Waals surface area contributed by atoms with Crippen LogP contribution in [0.1, 0.15) is 0 Å². The van der Waals surface area contributed by atoms with Crippen molar-refractivity contribution in [1.29, 1.82) is 0 Å². The summed E-state index contributed by atoms with van der Waals surface area (Å²) in [5, 5.41) is 19.2. The number of hydrogen-bond acceptors (Lipinski definition) is 7. The number of carbonyl (C=O) groups excluding carboxylic acids is 1. The molecule has 1 amide bonds. The molecule has 10 heteroatoms. The molecule has 7 nitrogen and oxygen atoms in total. The van der Waals surface area contributed by atoms with Gasteiger partial charge in [0.05, 0.1) is 5.75 Å². The second kappa shape index (κ2) is 6.84. The third-order valence-corrected chi connectivity index (χ3v) is 4.50. The van der Waals surface area contributed by atoms with E-state index in [1.54, 1.807) is 29.3 Å². The van der Waals surface area contributed by atoms with Crippen molar-refractivity contribution in [2.24, 2.45) is 7.05 Å². The van der Waals surface area contributed by atoms with E-state index in [9.17, 15) is 9.18 Å². The van der Waals surface area contributed by atoms with Gasteiger partial charge in [0.1, 0.15) is 11.3 Å². The van der Waals surface area contributed by atoms with Crippen molar-refractivity contribution in [1.82, 2.24) is 25.0 Å². The molecular weight excluding hydrogens is 339 g/mol. The van der Waals surface area contributed by atoms with Gasteiger partial charge in [-0.1, -0.05) is 23.1 Å². The molecule has 1 aromatic carbocycles. The van der Waals surface area contributed by atoms with Gasteiger partial charge in [0.25, 0.3) is 0 Å². The van der Waals surface area contributed by atoms with Crippen LogP contribution in [0.25, 0.3) is 11.4 Å². The Balaban J connectivity index is 1.65. The molecule has 118 valence electrons. The van der Waals surface area contributed by atoms with Crippen molar-refractivity contribution < 1.29 is 9.18 Å². The second-order valence-corrected chi connectivity index (χ2v) is 6.23. The van der Waals surface area contributed by atoms with Crippen molar-refractivity contribution in [3.8, 4) is 11.4 Å². The third kappa shape index (κ3) is 3.71. The Bertz CT molecular complexity index is 802. The molecule has 2 aromatic heterocycles. The van der Waals surface area contributed by atoms with Crippen LogP contribution in [-0.4, -0.2) is 36.6 Å². The van der Waals surface area contributed by atoms with Gasteiger partial charge in [0, 0.05) is 12.6 Å². The molecule has 0 radical (unpaired) electrons. The largest absolute Gasteiger partial charge is 0.305 e. The number of halogens is 1. The second-order valence-electron chi connectivity index (χ2n) is 4.45. The summed E-state index contributed by atoms with van der Waals surface area (Å²) in [6.07, 6.45) is 0. The molecule has 0 aliphatic carbocycles. The maximum atomic E-state index is 13.0. The molecule has 0 saturated heterocycles. The summed E-state index contributed by atoms with van der Waals surface area (Å²) in [6, 6.07) is 6.00. The van der Waals surface area contributed by atoms with Crippen LogP contribution in [0.15, 0.2) is 34.9 Å². The highest BCUT2D eigenvalue weighted by Gasteiger charge is 2.13. The zero-order valence-corrected chi connectivity index (χ0v) is 13.6. The molecule has 2 heterocycles. The van der Waals surface area contributed by atoms with Gasteiger partial charge >= 0.3 is 0 Å². The van der Waals surface area contributed by atoms with Crippen LogP contribution in [0.3, 0.4) is 0 Å². The summed E-state index contributed by atoms with van der Waals surface area (Å²) in [5.41, 5.74) is 2.30. The van der Waals surface area contributed by atoms with Gasteiger partial charge in [0.15, 0.2) is 11.0 Å². The van der Waals surface area contributed by atoms with Gasteiger partial charge < -0.3 is 4.57 Å². The average molecular weight is 350 g/mol. The monoisotopic (exact) mass is 350 g/mol. The van der Waals surface area contributed by atoms with Crippen LogP contribution >= 0.6 is 23.1 Å². The lowest BCUT2D eigenvalue weighted by molar-refractivity contribution is -0.113. The topological polar surface area (TPSA) is 85.6 Å². The zero-order valence-electron chi connectivity index (χ0n) is 11.9. The van der Waals surface area contributed by atoms with Crippen LogP contribution in [0.4, 0.5) is 9.52 Å². The summed E-state index contributed by atoms with van der Waals surface area (Å²) in [4.78, 5) is 11.8. The van der Waals surface area contributed by atoms with Gasteiger partial charge in [-0.2, -0.15) is 0 Å². The highest BCUT2D eigenvalue weighted by atomic mass is 32.2. The number of anilines is 1. The predicted octanol–water partition coefficient (Wildman–Crippen LogP) is 2.20. The molecule has 0 atom stereocenters. The number of amides is 1. The van der Waals surface area contributed by atoms with Gasteiger partial charge in [-0.25, -0.2) is 4.39 Å². The first-order valence-electron chi connectivity index (χ1n) is 6.47. The van der Waals surface area contributed by atoms with Crippen LogP contribution in [0, 0.1) is 5.82 Å². The molecule has 0 fully saturated rings. The van der Waals surface area contributed by atoms with E-state index in [2.05, 4.69) is 25.7 Å². The van der Waals surface area contributed by atoms with E-state index in [4.69, 9.17) is 0 Å². The molecule has 0 aliphatic rings. The summed E-state index contributed by atoms with van der Waals surface area (Å²) >= 11 is 2.51. The average Bonchev–Trinajstić information content (AvgIpc) is 3.16. The van der Waals surface area contributed by atoms with E-state index < -0.39 is 0 Å². The fourth-order valence-electron chi connectivity index (χ4n) is 1.80. The number of nitrogens with one attached hydrogen (secondary N) is 1. The molecule has 1 N–H and O–H groups in total.